The van der Waals surface area contributed by atoms with E-state index in [1.165, 1.54) is 12.1 Å². The third kappa shape index (κ3) is 5.53. The maximum atomic E-state index is 12.3. The van der Waals surface area contributed by atoms with Crippen LogP contribution < -0.4 is 10.5 Å². The number of hydrogen-bond donors (Lipinski definition) is 2. The van der Waals surface area contributed by atoms with Crippen LogP contribution >= 0.6 is 12.4 Å². The Morgan fingerprint density at radius 2 is 1.82 bits per heavy atom. The van der Waals surface area contributed by atoms with E-state index in [1.54, 1.807) is 6.92 Å². The van der Waals surface area contributed by atoms with Gasteiger partial charge in [-0.1, -0.05) is 13.8 Å². The molecule has 0 aliphatic carbocycles. The van der Waals surface area contributed by atoms with Crippen LogP contribution in [0.1, 0.15) is 27.2 Å². The lowest BCUT2D eigenvalue weighted by Crippen LogP contribution is -2.51. The van der Waals surface area contributed by atoms with Crippen LogP contribution in [0.2, 0.25) is 0 Å². The molecule has 0 bridgehead atoms. The summed E-state index contributed by atoms with van der Waals surface area (Å²) < 4.78 is 27.3. The first-order valence-corrected chi connectivity index (χ1v) is 8.06. The second-order valence-electron chi connectivity index (χ2n) is 5.72. The smallest absolute Gasteiger partial charge is 0.269 e. The van der Waals surface area contributed by atoms with Crippen molar-refractivity contribution in [2.45, 2.75) is 37.6 Å². The highest BCUT2D eigenvalue weighted by atomic mass is 35.5. The van der Waals surface area contributed by atoms with Crippen molar-refractivity contribution >= 4 is 28.1 Å². The fraction of sp³-hybridized carbons (Fsp3) is 0.538. The Balaban J connectivity index is 0.00000441. The zero-order valence-corrected chi connectivity index (χ0v) is 14.4. The van der Waals surface area contributed by atoms with Crippen LogP contribution in [-0.4, -0.2) is 25.4 Å². The van der Waals surface area contributed by atoms with E-state index >= 15 is 0 Å². The molecule has 0 aromatic heterocycles. The van der Waals surface area contributed by atoms with Gasteiger partial charge in [0.15, 0.2) is 0 Å². The molecule has 0 saturated carbocycles. The van der Waals surface area contributed by atoms with Gasteiger partial charge in [-0.05, 0) is 31.4 Å². The summed E-state index contributed by atoms with van der Waals surface area (Å²) in [5.41, 5.74) is 4.78. The number of nitro benzene ring substituents is 1. The zero-order valence-electron chi connectivity index (χ0n) is 12.8. The Morgan fingerprint density at radius 1 is 1.32 bits per heavy atom. The Hall–Kier alpha value is -1.22. The Morgan fingerprint density at radius 3 is 2.18 bits per heavy atom. The molecule has 1 aromatic rings. The summed E-state index contributed by atoms with van der Waals surface area (Å²) in [6.45, 7) is 5.87. The van der Waals surface area contributed by atoms with Crippen molar-refractivity contribution in [3.8, 4) is 0 Å². The summed E-state index contributed by atoms with van der Waals surface area (Å²) in [7, 11) is -3.77. The van der Waals surface area contributed by atoms with Crippen LogP contribution in [0.3, 0.4) is 0 Å². The number of nitro groups is 1. The molecule has 126 valence electrons. The molecule has 0 radical (unpaired) electrons. The standard InChI is InChI=1S/C13H21N3O4S.ClH/c1-10(2)8-13(3,9-14)15-21(19,20)12-6-4-11(5-7-12)16(17)18;/h4-7,10,15H,8-9,14H2,1-3H3;1H. The van der Waals surface area contributed by atoms with Gasteiger partial charge in [0, 0.05) is 24.2 Å². The highest BCUT2D eigenvalue weighted by Gasteiger charge is 2.30. The van der Waals surface area contributed by atoms with E-state index < -0.39 is 20.5 Å². The number of nitrogens with two attached hydrogens (primary N) is 1. The van der Waals surface area contributed by atoms with Crippen LogP contribution in [0.4, 0.5) is 5.69 Å². The summed E-state index contributed by atoms with van der Waals surface area (Å²) in [5.74, 6) is 0.276. The summed E-state index contributed by atoms with van der Waals surface area (Å²) in [6.07, 6.45) is 0.593. The second kappa shape index (κ2) is 7.87. The largest absolute Gasteiger partial charge is 0.329 e. The fourth-order valence-corrected chi connectivity index (χ4v) is 3.63. The molecule has 0 heterocycles. The molecular weight excluding hydrogens is 330 g/mol. The maximum absolute atomic E-state index is 12.3. The fourth-order valence-electron chi connectivity index (χ4n) is 2.20. The van der Waals surface area contributed by atoms with Gasteiger partial charge >= 0.3 is 0 Å². The van der Waals surface area contributed by atoms with E-state index in [9.17, 15) is 18.5 Å². The number of halogens is 1. The van der Waals surface area contributed by atoms with Crippen molar-refractivity contribution in [1.82, 2.24) is 4.72 Å². The van der Waals surface area contributed by atoms with Gasteiger partial charge in [-0.3, -0.25) is 10.1 Å². The van der Waals surface area contributed by atoms with Gasteiger partial charge in [0.05, 0.1) is 9.82 Å². The Labute approximate surface area is 136 Å². The Kier molecular flexibility index (Phi) is 7.43. The molecule has 3 N–H and O–H groups in total. The van der Waals surface area contributed by atoms with E-state index in [-0.39, 0.29) is 35.5 Å². The first-order chi connectivity index (χ1) is 9.59. The normalized spacial score (nSPS) is 14.2. The molecule has 7 nitrogen and oxygen atoms in total. The predicted octanol–water partition coefficient (Wildman–Crippen LogP) is 2.06. The quantitative estimate of drug-likeness (QED) is 0.576. The number of sulfonamides is 1. The second-order valence-corrected chi connectivity index (χ2v) is 7.40. The third-order valence-corrected chi connectivity index (χ3v) is 4.70. The number of non-ortho nitro benzene ring substituents is 1. The van der Waals surface area contributed by atoms with Crippen molar-refractivity contribution in [3.05, 3.63) is 34.4 Å². The van der Waals surface area contributed by atoms with Crippen LogP contribution in [0.25, 0.3) is 0 Å². The molecule has 22 heavy (non-hydrogen) atoms. The van der Waals surface area contributed by atoms with E-state index in [4.69, 9.17) is 5.73 Å². The van der Waals surface area contributed by atoms with Gasteiger partial charge in [-0.2, -0.15) is 0 Å². The highest BCUT2D eigenvalue weighted by molar-refractivity contribution is 7.89. The zero-order chi connectivity index (χ0) is 16.3. The average molecular weight is 352 g/mol. The van der Waals surface area contributed by atoms with E-state index in [0.717, 1.165) is 12.1 Å². The van der Waals surface area contributed by atoms with Crippen molar-refractivity contribution < 1.29 is 13.3 Å². The minimum Gasteiger partial charge on any atom is -0.329 e. The molecule has 0 aliphatic heterocycles. The highest BCUT2D eigenvalue weighted by Crippen LogP contribution is 2.21. The minimum absolute atomic E-state index is 0. The van der Waals surface area contributed by atoms with Crippen LogP contribution in [0.15, 0.2) is 29.2 Å². The monoisotopic (exact) mass is 351 g/mol. The molecule has 1 atom stereocenters. The van der Waals surface area contributed by atoms with Gasteiger partial charge in [0.25, 0.3) is 5.69 Å². The van der Waals surface area contributed by atoms with Crippen molar-refractivity contribution in [1.29, 1.82) is 0 Å². The van der Waals surface area contributed by atoms with Gasteiger partial charge in [0.1, 0.15) is 0 Å². The SMILES string of the molecule is CC(C)CC(C)(CN)NS(=O)(=O)c1ccc([N+](=O)[O-])cc1.Cl. The maximum Gasteiger partial charge on any atom is 0.269 e. The lowest BCUT2D eigenvalue weighted by Gasteiger charge is -2.30. The molecule has 0 amide bonds. The minimum atomic E-state index is -3.77. The first-order valence-electron chi connectivity index (χ1n) is 6.58. The van der Waals surface area contributed by atoms with Gasteiger partial charge in [-0.15, -0.1) is 12.4 Å². The van der Waals surface area contributed by atoms with Gasteiger partial charge in [0.2, 0.25) is 10.0 Å². The molecular formula is C13H22ClN3O4S. The lowest BCUT2D eigenvalue weighted by molar-refractivity contribution is -0.384. The number of hydrogen-bond acceptors (Lipinski definition) is 5. The number of benzene rings is 1. The van der Waals surface area contributed by atoms with Gasteiger partial charge in [-0.25, -0.2) is 13.1 Å². The topological polar surface area (TPSA) is 115 Å². The summed E-state index contributed by atoms with van der Waals surface area (Å²) in [6, 6.07) is 4.76. The molecule has 0 spiro atoms. The molecule has 1 rings (SSSR count). The average Bonchev–Trinajstić information content (AvgIpc) is 2.37. The van der Waals surface area contributed by atoms with Crippen LogP contribution in [0.5, 0.6) is 0 Å². The van der Waals surface area contributed by atoms with Crippen molar-refractivity contribution in [2.24, 2.45) is 11.7 Å². The molecule has 1 aromatic carbocycles. The number of rotatable bonds is 7. The number of nitrogens with zero attached hydrogens (tertiary/aromatic N) is 1. The molecule has 1 unspecified atom stereocenters. The molecule has 0 fully saturated rings. The molecule has 0 saturated heterocycles. The summed E-state index contributed by atoms with van der Waals surface area (Å²) in [5, 5.41) is 10.6. The third-order valence-electron chi connectivity index (χ3n) is 3.05. The molecule has 9 heteroatoms. The summed E-state index contributed by atoms with van der Waals surface area (Å²) in [4.78, 5) is 9.99. The van der Waals surface area contributed by atoms with Gasteiger partial charge < -0.3 is 5.73 Å². The van der Waals surface area contributed by atoms with Crippen LogP contribution in [0, 0.1) is 16.0 Å². The predicted molar refractivity (Wildman–Crippen MR) is 87.6 cm³/mol. The molecule has 0 aliphatic rings. The van der Waals surface area contributed by atoms with E-state index in [0.29, 0.717) is 6.42 Å². The number of nitrogens with one attached hydrogen (secondary N) is 1. The Bertz CT molecular complexity index is 604. The van der Waals surface area contributed by atoms with Crippen molar-refractivity contribution in [3.63, 3.8) is 0 Å². The lowest BCUT2D eigenvalue weighted by atomic mass is 9.92. The van der Waals surface area contributed by atoms with Crippen LogP contribution in [-0.2, 0) is 10.0 Å². The van der Waals surface area contributed by atoms with E-state index in [2.05, 4.69) is 4.72 Å². The van der Waals surface area contributed by atoms with E-state index in [1.807, 2.05) is 13.8 Å². The first kappa shape index (κ1) is 20.8. The van der Waals surface area contributed by atoms with Crippen molar-refractivity contribution in [2.75, 3.05) is 6.54 Å². The summed E-state index contributed by atoms with van der Waals surface area (Å²) >= 11 is 0.